The molecule has 0 bridgehead atoms. The predicted octanol–water partition coefficient (Wildman–Crippen LogP) is 0.332. The van der Waals surface area contributed by atoms with Crippen LogP contribution in [-0.2, 0) is 11.1 Å². The van der Waals surface area contributed by atoms with Gasteiger partial charge in [-0.1, -0.05) is 54.6 Å². The van der Waals surface area contributed by atoms with E-state index in [-0.39, 0.29) is 12.0 Å². The molecule has 0 radical (unpaired) electrons. The molecule has 0 spiro atoms. The molecule has 0 saturated heterocycles. The van der Waals surface area contributed by atoms with E-state index in [4.69, 9.17) is 0 Å². The maximum Gasteiger partial charge on any atom is 0.488 e. The number of hydrogen-bond acceptors (Lipinski definition) is 4. The van der Waals surface area contributed by atoms with Crippen molar-refractivity contribution in [2.75, 3.05) is 0 Å². The van der Waals surface area contributed by atoms with Crippen LogP contribution in [0, 0.1) is 0 Å². The Hall–Kier alpha value is -1.47. The minimum absolute atomic E-state index is 0.178. The summed E-state index contributed by atoms with van der Waals surface area (Å²) in [6.45, 7) is 0.280. The van der Waals surface area contributed by atoms with Gasteiger partial charge in [-0.05, 0) is 16.6 Å². The summed E-state index contributed by atoms with van der Waals surface area (Å²) in [5.41, 5.74) is 1.37. The Kier molecular flexibility index (Phi) is 5.53. The van der Waals surface area contributed by atoms with Crippen LogP contribution < -0.4 is 10.8 Å². The molecule has 0 heterocycles. The first-order valence-electron chi connectivity index (χ1n) is 6.66. The van der Waals surface area contributed by atoms with Crippen molar-refractivity contribution in [2.45, 2.75) is 12.3 Å². The van der Waals surface area contributed by atoms with Crippen molar-refractivity contribution in [3.05, 3.63) is 65.7 Å². The topological polar surface area (TPSA) is 110 Å². The SMILES string of the molecule is O=P(O)(O)[C@@H](NCc1ccccc1)c1cccc(B(O)O)c1. The predicted molar refractivity (Wildman–Crippen MR) is 84.3 cm³/mol. The molecule has 0 aliphatic carbocycles. The molecule has 0 unspecified atom stereocenters. The smallest absolute Gasteiger partial charge is 0.423 e. The lowest BCUT2D eigenvalue weighted by Crippen LogP contribution is -2.31. The third kappa shape index (κ3) is 4.51. The zero-order valence-corrected chi connectivity index (χ0v) is 12.6. The van der Waals surface area contributed by atoms with Crippen LogP contribution in [0.4, 0.5) is 0 Å². The fourth-order valence-electron chi connectivity index (χ4n) is 2.13. The molecule has 116 valence electrons. The molecule has 0 aromatic heterocycles. The van der Waals surface area contributed by atoms with Gasteiger partial charge in [0.05, 0.1) is 0 Å². The van der Waals surface area contributed by atoms with E-state index < -0.39 is 20.5 Å². The fraction of sp³-hybridized carbons (Fsp3) is 0.143. The minimum atomic E-state index is -4.46. The van der Waals surface area contributed by atoms with Crippen LogP contribution in [0.3, 0.4) is 0 Å². The highest BCUT2D eigenvalue weighted by Crippen LogP contribution is 2.49. The Labute approximate surface area is 128 Å². The molecule has 0 amide bonds. The van der Waals surface area contributed by atoms with Gasteiger partial charge in [-0.3, -0.25) is 9.88 Å². The first kappa shape index (κ1) is 16.9. The van der Waals surface area contributed by atoms with E-state index in [9.17, 15) is 24.4 Å². The van der Waals surface area contributed by atoms with Crippen LogP contribution in [0.2, 0.25) is 0 Å². The van der Waals surface area contributed by atoms with Gasteiger partial charge in [0.2, 0.25) is 0 Å². The van der Waals surface area contributed by atoms with Crippen LogP contribution in [0.15, 0.2) is 54.6 Å². The zero-order chi connectivity index (χ0) is 16.2. The highest BCUT2D eigenvalue weighted by atomic mass is 31.2. The molecule has 6 nitrogen and oxygen atoms in total. The molecule has 2 rings (SSSR count). The molecule has 2 aromatic rings. The van der Waals surface area contributed by atoms with E-state index in [0.717, 1.165) is 5.56 Å². The lowest BCUT2D eigenvalue weighted by atomic mass is 9.79. The number of hydrogen-bond donors (Lipinski definition) is 5. The number of rotatable bonds is 6. The third-order valence-corrected chi connectivity index (χ3v) is 4.36. The number of nitrogens with one attached hydrogen (secondary N) is 1. The summed E-state index contributed by atoms with van der Waals surface area (Å²) in [7, 11) is -6.15. The molecule has 0 saturated carbocycles. The summed E-state index contributed by atoms with van der Waals surface area (Å²) in [6.07, 6.45) is 0. The molecule has 8 heteroatoms. The van der Waals surface area contributed by atoms with Gasteiger partial charge in [0.1, 0.15) is 5.78 Å². The highest BCUT2D eigenvalue weighted by molar-refractivity contribution is 7.52. The van der Waals surface area contributed by atoms with Crippen LogP contribution in [0.5, 0.6) is 0 Å². The van der Waals surface area contributed by atoms with Crippen LogP contribution in [0.25, 0.3) is 0 Å². The lowest BCUT2D eigenvalue weighted by molar-refractivity contribution is 0.347. The molecule has 2 aromatic carbocycles. The lowest BCUT2D eigenvalue weighted by Gasteiger charge is -2.21. The van der Waals surface area contributed by atoms with E-state index in [1.165, 1.54) is 24.3 Å². The summed E-state index contributed by atoms with van der Waals surface area (Å²) in [4.78, 5) is 19.1. The molecule has 22 heavy (non-hydrogen) atoms. The highest BCUT2D eigenvalue weighted by Gasteiger charge is 2.30. The molecular formula is C14H17BNO5P. The average Bonchev–Trinajstić information content (AvgIpc) is 2.47. The molecule has 0 aliphatic heterocycles. The molecular weight excluding hydrogens is 304 g/mol. The second-order valence-corrected chi connectivity index (χ2v) is 6.60. The second-order valence-electron chi connectivity index (χ2n) is 4.90. The quantitative estimate of drug-likeness (QED) is 0.387. The maximum atomic E-state index is 11.7. The van der Waals surface area contributed by atoms with E-state index in [0.29, 0.717) is 5.56 Å². The maximum absolute atomic E-state index is 11.7. The Morgan fingerprint density at radius 1 is 1.05 bits per heavy atom. The summed E-state index contributed by atoms with van der Waals surface area (Å²) in [6, 6.07) is 15.1. The van der Waals surface area contributed by atoms with Gasteiger partial charge >= 0.3 is 14.7 Å². The zero-order valence-electron chi connectivity index (χ0n) is 11.7. The van der Waals surface area contributed by atoms with Gasteiger partial charge in [-0.15, -0.1) is 0 Å². The van der Waals surface area contributed by atoms with Crippen LogP contribution in [-0.4, -0.2) is 27.0 Å². The monoisotopic (exact) mass is 321 g/mol. The summed E-state index contributed by atoms with van der Waals surface area (Å²) in [5.74, 6) is -1.22. The van der Waals surface area contributed by atoms with Crippen molar-refractivity contribution in [1.82, 2.24) is 5.32 Å². The molecule has 0 fully saturated rings. The van der Waals surface area contributed by atoms with E-state index in [1.807, 2.05) is 30.3 Å². The Morgan fingerprint density at radius 2 is 1.73 bits per heavy atom. The fourth-order valence-corrected chi connectivity index (χ4v) is 3.01. The van der Waals surface area contributed by atoms with Gasteiger partial charge in [0.15, 0.2) is 0 Å². The van der Waals surface area contributed by atoms with Crippen molar-refractivity contribution < 1.29 is 24.4 Å². The van der Waals surface area contributed by atoms with Gasteiger partial charge in [-0.25, -0.2) is 0 Å². The minimum Gasteiger partial charge on any atom is -0.423 e. The first-order chi connectivity index (χ1) is 10.4. The van der Waals surface area contributed by atoms with Gasteiger partial charge < -0.3 is 19.8 Å². The van der Waals surface area contributed by atoms with Crippen molar-refractivity contribution >= 4 is 20.2 Å². The van der Waals surface area contributed by atoms with Crippen LogP contribution >= 0.6 is 7.60 Å². The standard InChI is InChI=1S/C14H17BNO5P/c17-15(18)13-8-4-7-12(9-13)14(22(19,20)21)16-10-11-5-2-1-3-6-11/h1-9,14,16-18H,10H2,(H2,19,20,21)/t14-/m1/s1. The average molecular weight is 321 g/mol. The molecule has 1 atom stereocenters. The second kappa shape index (κ2) is 7.20. The van der Waals surface area contributed by atoms with Gasteiger partial charge in [-0.2, -0.15) is 0 Å². The van der Waals surface area contributed by atoms with E-state index >= 15 is 0 Å². The van der Waals surface area contributed by atoms with Crippen molar-refractivity contribution in [1.29, 1.82) is 0 Å². The van der Waals surface area contributed by atoms with Gasteiger partial charge in [0, 0.05) is 6.54 Å². The Balaban J connectivity index is 2.23. The van der Waals surface area contributed by atoms with Crippen LogP contribution in [0.1, 0.15) is 16.9 Å². The van der Waals surface area contributed by atoms with Crippen molar-refractivity contribution in [2.24, 2.45) is 0 Å². The van der Waals surface area contributed by atoms with E-state index in [1.54, 1.807) is 0 Å². The summed E-state index contributed by atoms with van der Waals surface area (Å²) >= 11 is 0. The largest absolute Gasteiger partial charge is 0.488 e. The normalized spacial score (nSPS) is 12.9. The Bertz CT molecular complexity index is 661. The third-order valence-electron chi connectivity index (χ3n) is 3.20. The molecule has 5 N–H and O–H groups in total. The van der Waals surface area contributed by atoms with Crippen molar-refractivity contribution in [3.63, 3.8) is 0 Å². The Morgan fingerprint density at radius 3 is 2.32 bits per heavy atom. The van der Waals surface area contributed by atoms with E-state index in [2.05, 4.69) is 5.32 Å². The number of benzene rings is 2. The first-order valence-corrected chi connectivity index (χ1v) is 8.34. The summed E-state index contributed by atoms with van der Waals surface area (Å²) in [5, 5.41) is 21.2. The summed E-state index contributed by atoms with van der Waals surface area (Å²) < 4.78 is 11.7. The van der Waals surface area contributed by atoms with Gasteiger partial charge in [0.25, 0.3) is 0 Å². The molecule has 0 aliphatic rings. The van der Waals surface area contributed by atoms with Crippen molar-refractivity contribution in [3.8, 4) is 0 Å².